The van der Waals surface area contributed by atoms with Gasteiger partial charge in [-0.25, -0.2) is 0 Å². The van der Waals surface area contributed by atoms with Crippen LogP contribution in [0.2, 0.25) is 0 Å². The van der Waals surface area contributed by atoms with Crippen molar-refractivity contribution in [2.24, 2.45) is 5.92 Å². The SMILES string of the molecule is CCCCCCCCCCCC(C)OC(=O)C(C)CN(C)C.Cl. The number of rotatable bonds is 14. The topological polar surface area (TPSA) is 29.5 Å². The van der Waals surface area contributed by atoms with Gasteiger partial charge in [-0.1, -0.05) is 65.2 Å². The van der Waals surface area contributed by atoms with E-state index in [1.807, 2.05) is 32.8 Å². The fourth-order valence-electron chi connectivity index (χ4n) is 2.74. The molecule has 0 saturated carbocycles. The smallest absolute Gasteiger partial charge is 0.310 e. The second kappa shape index (κ2) is 16.6. The zero-order valence-electron chi connectivity index (χ0n) is 16.1. The van der Waals surface area contributed by atoms with Gasteiger partial charge in [-0.15, -0.1) is 12.4 Å². The Balaban J connectivity index is 0. The first kappa shape index (κ1) is 25.0. The minimum Gasteiger partial charge on any atom is -0.462 e. The van der Waals surface area contributed by atoms with Crippen molar-refractivity contribution in [3.05, 3.63) is 0 Å². The molecule has 0 rings (SSSR count). The van der Waals surface area contributed by atoms with E-state index in [2.05, 4.69) is 6.92 Å². The van der Waals surface area contributed by atoms with Crippen LogP contribution in [0, 0.1) is 5.92 Å². The second-order valence-corrected chi connectivity index (χ2v) is 7.03. The number of esters is 1. The molecule has 0 fully saturated rings. The van der Waals surface area contributed by atoms with E-state index in [9.17, 15) is 4.79 Å². The van der Waals surface area contributed by atoms with Gasteiger partial charge in [0.1, 0.15) is 0 Å². The van der Waals surface area contributed by atoms with Crippen LogP contribution in [0.15, 0.2) is 0 Å². The van der Waals surface area contributed by atoms with Crippen molar-refractivity contribution in [2.75, 3.05) is 20.6 Å². The van der Waals surface area contributed by atoms with E-state index in [1.54, 1.807) is 0 Å². The summed E-state index contributed by atoms with van der Waals surface area (Å²) in [7, 11) is 3.96. The summed E-state index contributed by atoms with van der Waals surface area (Å²) < 4.78 is 5.52. The minimum absolute atomic E-state index is 0. The quantitative estimate of drug-likeness (QED) is 0.308. The fraction of sp³-hybridized carbons (Fsp3) is 0.947. The van der Waals surface area contributed by atoms with Gasteiger partial charge in [0.05, 0.1) is 12.0 Å². The van der Waals surface area contributed by atoms with Crippen LogP contribution in [-0.2, 0) is 9.53 Å². The number of carbonyl (C=O) groups excluding carboxylic acids is 1. The molecule has 0 bridgehead atoms. The van der Waals surface area contributed by atoms with Gasteiger partial charge in [0.15, 0.2) is 0 Å². The van der Waals surface area contributed by atoms with Crippen LogP contribution in [0.5, 0.6) is 0 Å². The molecule has 0 aliphatic heterocycles. The normalized spacial score (nSPS) is 13.5. The standard InChI is InChI=1S/C19H39NO2.ClH/c1-6-7-8-9-10-11-12-13-14-15-18(3)22-19(21)17(2)16-20(4)5;/h17-18H,6-16H2,1-5H3;1H. The molecule has 140 valence electrons. The number of halogens is 1. The van der Waals surface area contributed by atoms with E-state index in [4.69, 9.17) is 4.74 Å². The van der Waals surface area contributed by atoms with Crippen molar-refractivity contribution < 1.29 is 9.53 Å². The molecule has 0 saturated heterocycles. The van der Waals surface area contributed by atoms with Gasteiger partial charge in [-0.05, 0) is 33.9 Å². The molecule has 0 spiro atoms. The molecule has 0 aliphatic carbocycles. The summed E-state index contributed by atoms with van der Waals surface area (Å²) in [6.07, 6.45) is 13.1. The third-order valence-corrected chi connectivity index (χ3v) is 4.07. The van der Waals surface area contributed by atoms with E-state index in [-0.39, 0.29) is 30.4 Å². The first-order valence-electron chi connectivity index (χ1n) is 9.32. The van der Waals surface area contributed by atoms with Crippen LogP contribution in [0.25, 0.3) is 0 Å². The van der Waals surface area contributed by atoms with Crippen LogP contribution in [0.3, 0.4) is 0 Å². The van der Waals surface area contributed by atoms with Crippen LogP contribution < -0.4 is 0 Å². The Hall–Kier alpha value is -0.280. The molecule has 2 unspecified atom stereocenters. The molecule has 0 aromatic heterocycles. The molecule has 4 heteroatoms. The van der Waals surface area contributed by atoms with E-state index in [1.165, 1.54) is 57.8 Å². The third kappa shape index (κ3) is 16.4. The second-order valence-electron chi connectivity index (χ2n) is 7.03. The first-order chi connectivity index (χ1) is 10.5. The van der Waals surface area contributed by atoms with Crippen molar-refractivity contribution in [3.8, 4) is 0 Å². The third-order valence-electron chi connectivity index (χ3n) is 4.07. The average Bonchev–Trinajstić information content (AvgIpc) is 2.44. The van der Waals surface area contributed by atoms with Gasteiger partial charge < -0.3 is 9.64 Å². The maximum Gasteiger partial charge on any atom is 0.310 e. The molecule has 2 atom stereocenters. The Bertz CT molecular complexity index is 272. The van der Waals surface area contributed by atoms with Crippen molar-refractivity contribution in [3.63, 3.8) is 0 Å². The zero-order chi connectivity index (χ0) is 16.8. The van der Waals surface area contributed by atoms with Crippen molar-refractivity contribution in [1.82, 2.24) is 4.90 Å². The Morgan fingerprint density at radius 1 is 0.913 bits per heavy atom. The predicted octanol–water partition coefficient (Wildman–Crippen LogP) is 5.46. The predicted molar refractivity (Wildman–Crippen MR) is 102 cm³/mol. The molecule has 0 aromatic carbocycles. The molecule has 3 nitrogen and oxygen atoms in total. The van der Waals surface area contributed by atoms with Crippen LogP contribution >= 0.6 is 12.4 Å². The zero-order valence-corrected chi connectivity index (χ0v) is 16.9. The Morgan fingerprint density at radius 3 is 1.87 bits per heavy atom. The van der Waals surface area contributed by atoms with Gasteiger partial charge in [0.25, 0.3) is 0 Å². The summed E-state index contributed by atoms with van der Waals surface area (Å²) in [5, 5.41) is 0. The summed E-state index contributed by atoms with van der Waals surface area (Å²) in [5.41, 5.74) is 0. The van der Waals surface area contributed by atoms with E-state index in [0.29, 0.717) is 0 Å². The molecule has 0 radical (unpaired) electrons. The summed E-state index contributed by atoms with van der Waals surface area (Å²) in [6.45, 7) is 6.97. The molecule has 0 amide bonds. The van der Waals surface area contributed by atoms with Crippen molar-refractivity contribution in [2.45, 2.75) is 91.1 Å². The number of ether oxygens (including phenoxy) is 1. The van der Waals surface area contributed by atoms with Gasteiger partial charge in [-0.3, -0.25) is 4.79 Å². The molecular formula is C19H40ClNO2. The van der Waals surface area contributed by atoms with E-state index in [0.717, 1.165) is 13.0 Å². The summed E-state index contributed by atoms with van der Waals surface area (Å²) in [4.78, 5) is 13.9. The largest absolute Gasteiger partial charge is 0.462 e. The molecule has 23 heavy (non-hydrogen) atoms. The molecular weight excluding hydrogens is 310 g/mol. The van der Waals surface area contributed by atoms with Gasteiger partial charge in [0.2, 0.25) is 0 Å². The highest BCUT2D eigenvalue weighted by atomic mass is 35.5. The number of unbranched alkanes of at least 4 members (excludes halogenated alkanes) is 8. The molecule has 0 aliphatic rings. The molecule has 0 N–H and O–H groups in total. The molecule has 0 aromatic rings. The van der Waals surface area contributed by atoms with E-state index >= 15 is 0 Å². The highest BCUT2D eigenvalue weighted by Gasteiger charge is 2.17. The monoisotopic (exact) mass is 349 g/mol. The summed E-state index contributed by atoms with van der Waals surface area (Å²) in [5.74, 6) is -0.0994. The summed E-state index contributed by atoms with van der Waals surface area (Å²) in [6, 6.07) is 0. The van der Waals surface area contributed by atoms with Gasteiger partial charge in [-0.2, -0.15) is 0 Å². The average molecular weight is 350 g/mol. The van der Waals surface area contributed by atoms with Crippen LogP contribution in [0.4, 0.5) is 0 Å². The number of nitrogens with zero attached hydrogens (tertiary/aromatic N) is 1. The van der Waals surface area contributed by atoms with Gasteiger partial charge >= 0.3 is 5.97 Å². The lowest BCUT2D eigenvalue weighted by Crippen LogP contribution is -2.29. The highest BCUT2D eigenvalue weighted by molar-refractivity contribution is 5.85. The van der Waals surface area contributed by atoms with Crippen molar-refractivity contribution in [1.29, 1.82) is 0 Å². The summed E-state index contributed by atoms with van der Waals surface area (Å²) >= 11 is 0. The lowest BCUT2D eigenvalue weighted by atomic mass is 10.1. The Morgan fingerprint density at radius 2 is 1.39 bits per heavy atom. The van der Waals surface area contributed by atoms with Crippen LogP contribution in [-0.4, -0.2) is 37.6 Å². The Kier molecular flexibility index (Phi) is 18.0. The lowest BCUT2D eigenvalue weighted by molar-refractivity contribution is -0.153. The highest BCUT2D eigenvalue weighted by Crippen LogP contribution is 2.13. The number of carbonyl (C=O) groups is 1. The number of hydrogen-bond acceptors (Lipinski definition) is 3. The Labute approximate surface area is 150 Å². The van der Waals surface area contributed by atoms with E-state index < -0.39 is 0 Å². The maximum absolute atomic E-state index is 11.9. The first-order valence-corrected chi connectivity index (χ1v) is 9.32. The molecule has 0 heterocycles. The number of hydrogen-bond donors (Lipinski definition) is 0. The van der Waals surface area contributed by atoms with Crippen LogP contribution in [0.1, 0.15) is 85.0 Å². The lowest BCUT2D eigenvalue weighted by Gasteiger charge is -2.19. The minimum atomic E-state index is -0.0582. The van der Waals surface area contributed by atoms with Crippen molar-refractivity contribution >= 4 is 18.4 Å². The van der Waals surface area contributed by atoms with Gasteiger partial charge in [0, 0.05) is 6.54 Å². The maximum atomic E-state index is 11.9. The fourth-order valence-corrected chi connectivity index (χ4v) is 2.74.